The number of halogens is 3. The van der Waals surface area contributed by atoms with Gasteiger partial charge in [0, 0.05) is 49.0 Å². The van der Waals surface area contributed by atoms with Gasteiger partial charge in [0.25, 0.3) is 5.78 Å². The number of aromatic nitrogens is 3. The second kappa shape index (κ2) is 6.99. The predicted octanol–water partition coefficient (Wildman–Crippen LogP) is 2.35. The maximum atomic E-state index is 12.8. The lowest BCUT2D eigenvalue weighted by molar-refractivity contribution is -0.0884. The Morgan fingerprint density at radius 1 is 1.27 bits per heavy atom. The largest absolute Gasteiger partial charge is 0.455 e. The van der Waals surface area contributed by atoms with E-state index in [1.54, 1.807) is 4.90 Å². The molecule has 2 aliphatic heterocycles. The highest BCUT2D eigenvalue weighted by Crippen LogP contribution is 2.43. The van der Waals surface area contributed by atoms with Crippen LogP contribution in [0.3, 0.4) is 0 Å². The van der Waals surface area contributed by atoms with Crippen LogP contribution in [0.5, 0.6) is 0 Å². The van der Waals surface area contributed by atoms with Gasteiger partial charge in [-0.05, 0) is 31.9 Å². The predicted molar refractivity (Wildman–Crippen MR) is 102 cm³/mol. The lowest BCUT2D eigenvalue weighted by atomic mass is 9.82. The lowest BCUT2D eigenvalue weighted by Crippen LogP contribution is -2.40. The molecule has 160 valence electrons. The summed E-state index contributed by atoms with van der Waals surface area (Å²) in [5.41, 5.74) is 6.22. The Kier molecular flexibility index (Phi) is 4.70. The summed E-state index contributed by atoms with van der Waals surface area (Å²) in [6.07, 6.45) is -2.11. The van der Waals surface area contributed by atoms with E-state index in [9.17, 15) is 22.8 Å². The minimum absolute atomic E-state index is 0.106. The third-order valence-electron chi connectivity index (χ3n) is 5.81. The number of likely N-dealkylation sites (tertiary alicyclic amines) is 1. The SMILES string of the molecule is CCNC(=O)N1CC[C@@]2(CCn3nc(-c4cnc(N)c(C(=O)C(F)(F)F)c4)cc32)C1. The zero-order chi connectivity index (χ0) is 21.7. The van der Waals surface area contributed by atoms with Gasteiger partial charge in [-0.3, -0.25) is 9.48 Å². The number of nitrogens with two attached hydrogens (primary N) is 1. The van der Waals surface area contributed by atoms with Crippen molar-refractivity contribution >= 4 is 17.6 Å². The molecule has 4 heterocycles. The van der Waals surface area contributed by atoms with E-state index in [2.05, 4.69) is 15.4 Å². The number of carbonyl (C=O) groups is 2. The Morgan fingerprint density at radius 3 is 2.70 bits per heavy atom. The number of rotatable bonds is 3. The van der Waals surface area contributed by atoms with Gasteiger partial charge in [0.15, 0.2) is 0 Å². The number of urea groups is 1. The van der Waals surface area contributed by atoms with E-state index in [0.717, 1.165) is 24.6 Å². The molecule has 1 fully saturated rings. The van der Waals surface area contributed by atoms with Crippen molar-refractivity contribution in [1.82, 2.24) is 25.0 Å². The summed E-state index contributed by atoms with van der Waals surface area (Å²) in [6.45, 7) is 4.24. The molecule has 2 aromatic heterocycles. The fraction of sp³-hybridized carbons (Fsp3) is 0.474. The van der Waals surface area contributed by atoms with Crippen LogP contribution in [0.25, 0.3) is 11.3 Å². The van der Waals surface area contributed by atoms with E-state index in [0.29, 0.717) is 31.9 Å². The molecular formula is C19H21F3N6O2. The van der Waals surface area contributed by atoms with E-state index < -0.39 is 23.3 Å². The summed E-state index contributed by atoms with van der Waals surface area (Å²) in [4.78, 5) is 29.4. The Morgan fingerprint density at radius 2 is 2.00 bits per heavy atom. The average Bonchev–Trinajstić information content (AvgIpc) is 3.38. The molecule has 1 atom stereocenters. The molecule has 2 aliphatic rings. The first-order valence-electron chi connectivity index (χ1n) is 9.63. The topological polar surface area (TPSA) is 106 Å². The Bertz CT molecular complexity index is 1020. The zero-order valence-electron chi connectivity index (χ0n) is 16.3. The number of anilines is 1. The summed E-state index contributed by atoms with van der Waals surface area (Å²) in [5.74, 6) is -2.51. The van der Waals surface area contributed by atoms with Crippen LogP contribution in [0, 0.1) is 0 Å². The first-order valence-corrected chi connectivity index (χ1v) is 9.63. The Labute approximate surface area is 170 Å². The first kappa shape index (κ1) is 20.2. The second-order valence-electron chi connectivity index (χ2n) is 7.66. The minimum Gasteiger partial charge on any atom is -0.383 e. The first-order chi connectivity index (χ1) is 14.1. The summed E-state index contributed by atoms with van der Waals surface area (Å²) in [7, 11) is 0. The number of hydrogen-bond acceptors (Lipinski definition) is 5. The highest BCUT2D eigenvalue weighted by Gasteiger charge is 2.47. The molecule has 4 rings (SSSR count). The summed E-state index contributed by atoms with van der Waals surface area (Å²) >= 11 is 0. The average molecular weight is 422 g/mol. The van der Waals surface area contributed by atoms with Gasteiger partial charge in [-0.15, -0.1) is 0 Å². The van der Waals surface area contributed by atoms with Crippen molar-refractivity contribution in [1.29, 1.82) is 0 Å². The molecule has 30 heavy (non-hydrogen) atoms. The number of aryl methyl sites for hydroxylation is 1. The number of fused-ring (bicyclic) bond motifs is 2. The molecule has 0 radical (unpaired) electrons. The number of nitrogen functional groups attached to an aromatic ring is 1. The van der Waals surface area contributed by atoms with Crippen LogP contribution < -0.4 is 11.1 Å². The summed E-state index contributed by atoms with van der Waals surface area (Å²) < 4.78 is 40.4. The number of carbonyl (C=O) groups excluding carboxylic acids is 2. The van der Waals surface area contributed by atoms with Crippen molar-refractivity contribution in [3.8, 4) is 11.3 Å². The van der Waals surface area contributed by atoms with E-state index in [4.69, 9.17) is 5.73 Å². The summed E-state index contributed by atoms with van der Waals surface area (Å²) in [5, 5.41) is 7.31. The van der Waals surface area contributed by atoms with E-state index in [1.165, 1.54) is 6.20 Å². The Balaban J connectivity index is 1.64. The standard InChI is InChI=1S/C19H21F3N6O2/c1-2-24-17(30)27-5-3-18(10-27)4-6-28-14(18)8-13(26-28)11-7-12(16(23)25-9-11)15(29)19(20,21)22/h7-9H,2-6,10H2,1H3,(H2,23,25)(H,24,30)/t18-/m1/s1. The quantitative estimate of drug-likeness (QED) is 0.739. The smallest absolute Gasteiger partial charge is 0.383 e. The maximum Gasteiger partial charge on any atom is 0.455 e. The van der Waals surface area contributed by atoms with Gasteiger partial charge in [0.2, 0.25) is 0 Å². The number of nitrogens with zero attached hydrogens (tertiary/aromatic N) is 4. The van der Waals surface area contributed by atoms with Crippen LogP contribution in [-0.4, -0.2) is 57.3 Å². The molecule has 1 saturated heterocycles. The van der Waals surface area contributed by atoms with Crippen molar-refractivity contribution in [3.05, 3.63) is 29.6 Å². The van der Waals surface area contributed by atoms with Crippen LogP contribution in [0.4, 0.5) is 23.8 Å². The van der Waals surface area contributed by atoms with Crippen molar-refractivity contribution in [2.75, 3.05) is 25.4 Å². The highest BCUT2D eigenvalue weighted by atomic mass is 19.4. The van der Waals surface area contributed by atoms with E-state index in [-0.39, 0.29) is 17.0 Å². The van der Waals surface area contributed by atoms with Crippen LogP contribution in [-0.2, 0) is 12.0 Å². The third kappa shape index (κ3) is 3.27. The highest BCUT2D eigenvalue weighted by molar-refractivity contribution is 6.04. The molecule has 0 aliphatic carbocycles. The minimum atomic E-state index is -5.04. The second-order valence-corrected chi connectivity index (χ2v) is 7.66. The van der Waals surface area contributed by atoms with E-state index >= 15 is 0 Å². The maximum absolute atomic E-state index is 12.8. The Hall–Kier alpha value is -3.11. The fourth-order valence-electron chi connectivity index (χ4n) is 4.28. The fourth-order valence-corrected chi connectivity index (χ4v) is 4.28. The number of amides is 2. The van der Waals surface area contributed by atoms with Crippen LogP contribution in [0.15, 0.2) is 18.3 Å². The number of nitrogens with one attached hydrogen (secondary N) is 1. The number of ketones is 1. The van der Waals surface area contributed by atoms with Gasteiger partial charge in [-0.25, -0.2) is 9.78 Å². The van der Waals surface area contributed by atoms with E-state index in [1.807, 2.05) is 17.7 Å². The van der Waals surface area contributed by atoms with Crippen molar-refractivity contribution < 1.29 is 22.8 Å². The molecule has 1 spiro atoms. The molecule has 0 bridgehead atoms. The number of pyridine rings is 1. The molecule has 0 saturated carbocycles. The van der Waals surface area contributed by atoms with Gasteiger partial charge in [-0.1, -0.05) is 0 Å². The van der Waals surface area contributed by atoms with Gasteiger partial charge < -0.3 is 16.0 Å². The molecule has 0 aromatic carbocycles. The lowest BCUT2D eigenvalue weighted by Gasteiger charge is -2.23. The molecule has 0 unspecified atom stereocenters. The van der Waals surface area contributed by atoms with Gasteiger partial charge in [0.1, 0.15) is 5.82 Å². The van der Waals surface area contributed by atoms with Gasteiger partial charge in [0.05, 0.1) is 11.3 Å². The van der Waals surface area contributed by atoms with Crippen LogP contribution >= 0.6 is 0 Å². The molecule has 2 amide bonds. The molecule has 8 nitrogen and oxygen atoms in total. The number of alkyl halides is 3. The molecule has 2 aromatic rings. The molecule has 3 N–H and O–H groups in total. The normalized spacial score (nSPS) is 20.6. The third-order valence-corrected chi connectivity index (χ3v) is 5.81. The van der Waals surface area contributed by atoms with Gasteiger partial charge in [-0.2, -0.15) is 18.3 Å². The zero-order valence-corrected chi connectivity index (χ0v) is 16.3. The molecule has 11 heteroatoms. The van der Waals surface area contributed by atoms with Crippen molar-refractivity contribution in [2.45, 2.75) is 37.9 Å². The van der Waals surface area contributed by atoms with Crippen LogP contribution in [0.1, 0.15) is 35.8 Å². The van der Waals surface area contributed by atoms with Gasteiger partial charge >= 0.3 is 12.2 Å². The number of hydrogen-bond donors (Lipinski definition) is 2. The molecular weight excluding hydrogens is 401 g/mol. The van der Waals surface area contributed by atoms with Crippen LogP contribution in [0.2, 0.25) is 0 Å². The van der Waals surface area contributed by atoms with Crippen molar-refractivity contribution in [2.24, 2.45) is 0 Å². The monoisotopic (exact) mass is 422 g/mol. The summed E-state index contributed by atoms with van der Waals surface area (Å²) in [6, 6.07) is 2.78. The number of Topliss-reactive ketones (excluding diaryl/α,β-unsaturated/α-hetero) is 1. The van der Waals surface area contributed by atoms with Crippen molar-refractivity contribution in [3.63, 3.8) is 0 Å².